The summed E-state index contributed by atoms with van der Waals surface area (Å²) in [7, 11) is 0. The minimum absolute atomic E-state index is 0.283. The molecule has 3 aromatic rings. The molecule has 6 heteroatoms. The van der Waals surface area contributed by atoms with Crippen LogP contribution in [-0.2, 0) is 11.2 Å². The van der Waals surface area contributed by atoms with Gasteiger partial charge in [-0.3, -0.25) is 4.90 Å². The Morgan fingerprint density at radius 1 is 0.971 bits per heavy atom. The Hall–Kier alpha value is -2.57. The van der Waals surface area contributed by atoms with Crippen LogP contribution in [0.15, 0.2) is 72.8 Å². The quantitative estimate of drug-likeness (QED) is 0.516. The first-order valence-corrected chi connectivity index (χ1v) is 12.8. The summed E-state index contributed by atoms with van der Waals surface area (Å²) >= 11 is 6.22. The maximum absolute atomic E-state index is 12.5. The topological polar surface area (TPSA) is 62.2 Å². The van der Waals surface area contributed by atoms with Crippen LogP contribution in [0, 0.1) is 0 Å². The zero-order valence-electron chi connectivity index (χ0n) is 19.6. The van der Waals surface area contributed by atoms with Gasteiger partial charge < -0.3 is 19.7 Å². The predicted molar refractivity (Wildman–Crippen MR) is 135 cm³/mol. The minimum atomic E-state index is -1.69. The van der Waals surface area contributed by atoms with Crippen molar-refractivity contribution in [2.45, 2.75) is 42.5 Å². The van der Waals surface area contributed by atoms with Crippen molar-refractivity contribution >= 4 is 11.6 Å². The molecular formula is C29H30ClNO4. The molecule has 0 radical (unpaired) electrons. The Morgan fingerprint density at radius 2 is 1.71 bits per heavy atom. The molecule has 0 amide bonds. The molecule has 182 valence electrons. The minimum Gasteiger partial charge on any atom is -0.492 e. The molecule has 0 unspecified atom stereocenters. The van der Waals surface area contributed by atoms with Crippen molar-refractivity contribution < 1.29 is 19.7 Å². The molecule has 2 fully saturated rings. The predicted octanol–water partition coefficient (Wildman–Crippen LogP) is 4.84. The van der Waals surface area contributed by atoms with Gasteiger partial charge in [0.25, 0.3) is 0 Å². The number of halogens is 1. The molecule has 0 aromatic heterocycles. The van der Waals surface area contributed by atoms with E-state index < -0.39 is 17.3 Å². The van der Waals surface area contributed by atoms with E-state index in [2.05, 4.69) is 4.90 Å². The first kappa shape index (κ1) is 22.9. The summed E-state index contributed by atoms with van der Waals surface area (Å²) in [6, 6.07) is 23.0. The van der Waals surface area contributed by atoms with Gasteiger partial charge in [0.1, 0.15) is 18.1 Å². The Labute approximate surface area is 210 Å². The summed E-state index contributed by atoms with van der Waals surface area (Å²) in [5.41, 5.74) is -0.617. The maximum Gasteiger partial charge on any atom is 0.176 e. The van der Waals surface area contributed by atoms with Gasteiger partial charge in [-0.25, -0.2) is 0 Å². The highest BCUT2D eigenvalue weighted by atomic mass is 35.5. The normalized spacial score (nSPS) is 29.6. The number of ether oxygens (including phenoxy) is 2. The number of benzene rings is 3. The van der Waals surface area contributed by atoms with Crippen LogP contribution in [-0.4, -0.2) is 47.5 Å². The van der Waals surface area contributed by atoms with Crippen LogP contribution in [0.25, 0.3) is 0 Å². The van der Waals surface area contributed by atoms with E-state index in [1.807, 2.05) is 60.7 Å². The molecule has 5 nitrogen and oxygen atoms in total. The molecule has 2 aliphatic heterocycles. The summed E-state index contributed by atoms with van der Waals surface area (Å²) in [6.07, 6.45) is 1.76. The van der Waals surface area contributed by atoms with Gasteiger partial charge in [-0.05, 0) is 67.7 Å². The highest BCUT2D eigenvalue weighted by Crippen LogP contribution is 2.68. The van der Waals surface area contributed by atoms with Crippen molar-refractivity contribution in [1.82, 2.24) is 4.90 Å². The number of hydrogen-bond acceptors (Lipinski definition) is 5. The van der Waals surface area contributed by atoms with Crippen molar-refractivity contribution in [1.29, 1.82) is 0 Å². The molecule has 3 aromatic carbocycles. The summed E-state index contributed by atoms with van der Waals surface area (Å²) in [6.45, 7) is 3.54. The molecule has 6 rings (SSSR count). The molecule has 35 heavy (non-hydrogen) atoms. The maximum atomic E-state index is 12.5. The third-order valence-corrected chi connectivity index (χ3v) is 8.23. The van der Waals surface area contributed by atoms with Crippen molar-refractivity contribution in [3.63, 3.8) is 0 Å². The van der Waals surface area contributed by atoms with Gasteiger partial charge in [-0.2, -0.15) is 0 Å². The van der Waals surface area contributed by atoms with E-state index in [-0.39, 0.29) is 5.92 Å². The van der Waals surface area contributed by atoms with Gasteiger partial charge in [0.2, 0.25) is 0 Å². The molecule has 2 N–H and O–H groups in total. The second-order valence-electron chi connectivity index (χ2n) is 9.85. The molecule has 0 bridgehead atoms. The highest BCUT2D eigenvalue weighted by Gasteiger charge is 2.73. The monoisotopic (exact) mass is 491 g/mol. The Balaban J connectivity index is 1.45. The summed E-state index contributed by atoms with van der Waals surface area (Å²) in [5.74, 6) is 0.823. The van der Waals surface area contributed by atoms with E-state index in [9.17, 15) is 10.2 Å². The number of hydrogen-bond donors (Lipinski definition) is 2. The zero-order valence-corrected chi connectivity index (χ0v) is 20.3. The van der Waals surface area contributed by atoms with Crippen molar-refractivity contribution in [3.05, 3.63) is 94.5 Å². The average molecular weight is 492 g/mol. The van der Waals surface area contributed by atoms with Gasteiger partial charge in [-0.1, -0.05) is 60.1 Å². The molecule has 2 heterocycles. The number of nitrogens with zero attached hydrogens (tertiary/aromatic N) is 1. The fraction of sp³-hybridized carbons (Fsp3) is 0.379. The fourth-order valence-electron chi connectivity index (χ4n) is 6.36. The molecular weight excluding hydrogens is 462 g/mol. The third kappa shape index (κ3) is 3.48. The van der Waals surface area contributed by atoms with E-state index in [0.717, 1.165) is 30.8 Å². The van der Waals surface area contributed by atoms with Crippen LogP contribution in [0.4, 0.5) is 0 Å². The lowest BCUT2D eigenvalue weighted by atomic mass is 9.71. The first-order chi connectivity index (χ1) is 17.0. The number of likely N-dealkylation sites (tertiary alicyclic amines) is 1. The standard InChI is InChI=1S/C29H30ClNO4/c30-22-13-11-21(12-14-22)29-23(20-7-2-1-3-8-20)19-26(32)28(29,33)27-24(9-6-10-25(27)35-29)34-18-17-31-15-4-5-16-31/h1-3,6-14,23,26,32-33H,4-5,15-19H2/t23-,26-,28+,29-/m0/s1. The van der Waals surface area contributed by atoms with Gasteiger partial charge >= 0.3 is 0 Å². The summed E-state index contributed by atoms with van der Waals surface area (Å²) < 4.78 is 13.0. The molecule has 1 aliphatic carbocycles. The molecule has 1 saturated carbocycles. The Kier molecular flexibility index (Phi) is 5.76. The van der Waals surface area contributed by atoms with Gasteiger partial charge in [0, 0.05) is 17.5 Å². The average Bonchev–Trinajstić information content (AvgIpc) is 3.54. The third-order valence-electron chi connectivity index (χ3n) is 7.98. The van der Waals surface area contributed by atoms with Gasteiger partial charge in [0.05, 0.1) is 11.7 Å². The Bertz CT molecular complexity index is 1200. The van der Waals surface area contributed by atoms with Crippen LogP contribution < -0.4 is 9.47 Å². The number of aliphatic hydroxyl groups excluding tert-OH is 1. The van der Waals surface area contributed by atoms with E-state index in [4.69, 9.17) is 21.1 Å². The van der Waals surface area contributed by atoms with Crippen molar-refractivity contribution in [3.8, 4) is 11.5 Å². The second-order valence-corrected chi connectivity index (χ2v) is 10.3. The number of fused-ring (bicyclic) bond motifs is 3. The summed E-state index contributed by atoms with van der Waals surface area (Å²) in [5, 5.41) is 24.7. The van der Waals surface area contributed by atoms with Crippen LogP contribution in [0.5, 0.6) is 11.5 Å². The lowest BCUT2D eigenvalue weighted by Crippen LogP contribution is -2.52. The van der Waals surface area contributed by atoms with Gasteiger partial charge in [-0.15, -0.1) is 0 Å². The zero-order chi connectivity index (χ0) is 24.0. The van der Waals surface area contributed by atoms with Crippen LogP contribution in [0.2, 0.25) is 5.02 Å². The van der Waals surface area contributed by atoms with Crippen LogP contribution in [0.3, 0.4) is 0 Å². The lowest BCUT2D eigenvalue weighted by Gasteiger charge is -2.41. The second kappa shape index (κ2) is 8.82. The van der Waals surface area contributed by atoms with E-state index >= 15 is 0 Å². The largest absolute Gasteiger partial charge is 0.492 e. The molecule has 4 atom stereocenters. The fourth-order valence-corrected chi connectivity index (χ4v) is 6.49. The number of aliphatic hydroxyl groups is 2. The van der Waals surface area contributed by atoms with Crippen LogP contribution >= 0.6 is 11.6 Å². The summed E-state index contributed by atoms with van der Waals surface area (Å²) in [4.78, 5) is 2.39. The van der Waals surface area contributed by atoms with Gasteiger partial charge in [0.15, 0.2) is 11.2 Å². The molecule has 3 aliphatic rings. The molecule has 0 spiro atoms. The smallest absolute Gasteiger partial charge is 0.176 e. The van der Waals surface area contributed by atoms with Crippen molar-refractivity contribution in [2.75, 3.05) is 26.2 Å². The van der Waals surface area contributed by atoms with E-state index in [1.54, 1.807) is 12.1 Å². The first-order valence-electron chi connectivity index (χ1n) is 12.4. The van der Waals surface area contributed by atoms with E-state index in [1.165, 1.54) is 12.8 Å². The number of rotatable bonds is 6. The lowest BCUT2D eigenvalue weighted by molar-refractivity contribution is -0.150. The molecule has 1 saturated heterocycles. The SMILES string of the molecule is O[C@H]1C[C@@H](c2ccccc2)[C@]2(c3ccc(Cl)cc3)Oc3cccc(OCCN4CCCC4)c3[C@]12O. The van der Waals surface area contributed by atoms with Crippen molar-refractivity contribution in [2.24, 2.45) is 0 Å². The van der Waals surface area contributed by atoms with Crippen LogP contribution in [0.1, 0.15) is 41.9 Å². The Morgan fingerprint density at radius 3 is 2.46 bits per heavy atom. The van der Waals surface area contributed by atoms with E-state index in [0.29, 0.717) is 35.1 Å². The highest BCUT2D eigenvalue weighted by molar-refractivity contribution is 6.30.